The van der Waals surface area contributed by atoms with Crippen molar-refractivity contribution in [2.24, 2.45) is 5.92 Å². The predicted molar refractivity (Wildman–Crippen MR) is 139 cm³/mol. The summed E-state index contributed by atoms with van der Waals surface area (Å²) in [5, 5.41) is 2.93. The lowest BCUT2D eigenvalue weighted by atomic mass is 10.0. The fraction of sp³-hybridized carbons (Fsp3) is 0.750. The van der Waals surface area contributed by atoms with Crippen molar-refractivity contribution < 1.29 is 19.1 Å². The highest BCUT2D eigenvalue weighted by molar-refractivity contribution is 5.94. The van der Waals surface area contributed by atoms with E-state index in [0.717, 1.165) is 57.8 Å². The van der Waals surface area contributed by atoms with Gasteiger partial charge >= 0.3 is 0 Å². The Hall–Kier alpha value is -2.29. The highest BCUT2D eigenvalue weighted by Crippen LogP contribution is 2.20. The van der Waals surface area contributed by atoms with Crippen LogP contribution in [0.3, 0.4) is 0 Å². The quantitative estimate of drug-likeness (QED) is 0.138. The fourth-order valence-electron chi connectivity index (χ4n) is 4.00. The lowest BCUT2D eigenvalue weighted by Crippen LogP contribution is -2.44. The topological polar surface area (TPSA) is 75.7 Å². The van der Waals surface area contributed by atoms with Crippen LogP contribution in [0.25, 0.3) is 0 Å². The molecule has 6 heteroatoms. The molecule has 34 heavy (non-hydrogen) atoms. The number of methoxy groups -OCH3 is 1. The van der Waals surface area contributed by atoms with E-state index in [4.69, 9.17) is 11.2 Å². The normalized spacial score (nSPS) is 12.3. The number of terminal acetylenes is 1. The fourth-order valence-corrected chi connectivity index (χ4v) is 4.00. The number of carbonyl (C=O) groups excluding carboxylic acids is 3. The number of ether oxygens (including phenoxy) is 1. The number of hydrogen-bond acceptors (Lipinski definition) is 4. The van der Waals surface area contributed by atoms with Gasteiger partial charge in [0.05, 0.1) is 19.1 Å². The third-order valence-corrected chi connectivity index (χ3v) is 6.12. The Morgan fingerprint density at radius 3 is 2.09 bits per heavy atom. The SMILES string of the molecule is C#CC(CCCCCC)C(=O)NCCCC[C@@H](C(=C)OC)N(C(C)=O)C(=O)CCCCCCC. The van der Waals surface area contributed by atoms with E-state index in [0.29, 0.717) is 44.4 Å². The summed E-state index contributed by atoms with van der Waals surface area (Å²) >= 11 is 0. The molecule has 2 atom stereocenters. The van der Waals surface area contributed by atoms with Crippen molar-refractivity contribution in [3.05, 3.63) is 12.3 Å². The van der Waals surface area contributed by atoms with Gasteiger partial charge in [0.2, 0.25) is 17.7 Å². The highest BCUT2D eigenvalue weighted by atomic mass is 16.5. The van der Waals surface area contributed by atoms with Crippen LogP contribution in [0.1, 0.15) is 111 Å². The highest BCUT2D eigenvalue weighted by Gasteiger charge is 2.29. The van der Waals surface area contributed by atoms with Gasteiger partial charge in [0.15, 0.2) is 0 Å². The molecule has 3 amide bonds. The molecule has 194 valence electrons. The maximum atomic E-state index is 12.8. The summed E-state index contributed by atoms with van der Waals surface area (Å²) in [5.74, 6) is 2.05. The molecule has 1 unspecified atom stereocenters. The second kappa shape index (κ2) is 20.1. The summed E-state index contributed by atoms with van der Waals surface area (Å²) in [7, 11) is 1.50. The molecule has 0 bridgehead atoms. The Morgan fingerprint density at radius 2 is 1.53 bits per heavy atom. The van der Waals surface area contributed by atoms with Gasteiger partial charge in [-0.3, -0.25) is 19.3 Å². The van der Waals surface area contributed by atoms with Crippen LogP contribution in [0.4, 0.5) is 0 Å². The third kappa shape index (κ3) is 13.4. The Bertz CT molecular complexity index is 653. The molecule has 0 aromatic heterocycles. The molecule has 1 N–H and O–H groups in total. The minimum Gasteiger partial charge on any atom is -0.500 e. The Labute approximate surface area is 208 Å². The zero-order valence-corrected chi connectivity index (χ0v) is 22.1. The molecule has 0 saturated heterocycles. The lowest BCUT2D eigenvalue weighted by Gasteiger charge is -2.30. The van der Waals surface area contributed by atoms with E-state index in [9.17, 15) is 14.4 Å². The molecule has 0 rings (SSSR count). The van der Waals surface area contributed by atoms with Gasteiger partial charge in [-0.2, -0.15) is 0 Å². The average Bonchev–Trinajstić information content (AvgIpc) is 2.82. The van der Waals surface area contributed by atoms with Crippen molar-refractivity contribution in [3.63, 3.8) is 0 Å². The van der Waals surface area contributed by atoms with Crippen molar-refractivity contribution in [1.29, 1.82) is 0 Å². The van der Waals surface area contributed by atoms with Crippen LogP contribution in [0.5, 0.6) is 0 Å². The molecular formula is C28H48N2O4. The molecule has 6 nitrogen and oxygen atoms in total. The van der Waals surface area contributed by atoms with Gasteiger partial charge in [0.1, 0.15) is 5.76 Å². The number of imide groups is 1. The van der Waals surface area contributed by atoms with Crippen LogP contribution in [-0.4, -0.2) is 42.3 Å². The van der Waals surface area contributed by atoms with Gasteiger partial charge < -0.3 is 10.1 Å². The van der Waals surface area contributed by atoms with Crippen molar-refractivity contribution in [1.82, 2.24) is 10.2 Å². The first-order valence-corrected chi connectivity index (χ1v) is 13.1. The first kappa shape index (κ1) is 31.7. The summed E-state index contributed by atoms with van der Waals surface area (Å²) in [6, 6.07) is -0.502. The number of rotatable bonds is 20. The monoisotopic (exact) mass is 476 g/mol. The Kier molecular flexibility index (Phi) is 18.8. The van der Waals surface area contributed by atoms with Gasteiger partial charge in [-0.1, -0.05) is 77.7 Å². The molecule has 0 saturated carbocycles. The van der Waals surface area contributed by atoms with Crippen LogP contribution in [0, 0.1) is 18.3 Å². The molecule has 0 spiro atoms. The van der Waals surface area contributed by atoms with Gasteiger partial charge in [-0.15, -0.1) is 6.42 Å². The molecule has 0 aliphatic heterocycles. The number of nitrogens with one attached hydrogen (secondary N) is 1. The molecule has 0 radical (unpaired) electrons. The Morgan fingerprint density at radius 1 is 0.941 bits per heavy atom. The standard InChI is InChI=1S/C28H48N2O4/c1-7-10-12-14-16-21-27(32)30(24(5)31)26(23(4)34-6)20-17-18-22-29-28(33)25(9-3)19-15-13-11-8-2/h3,25-26H,4,7-8,10-22H2,1-2,5-6H3,(H,29,33)/t25?,26-/m0/s1. The first-order chi connectivity index (χ1) is 16.3. The summed E-state index contributed by atoms with van der Waals surface area (Å²) in [6.07, 6.45) is 18.1. The van der Waals surface area contributed by atoms with E-state index >= 15 is 0 Å². The van der Waals surface area contributed by atoms with E-state index in [1.807, 2.05) is 0 Å². The number of unbranched alkanes of at least 4 members (excludes halogenated alkanes) is 8. The molecule has 0 aromatic carbocycles. The first-order valence-electron chi connectivity index (χ1n) is 13.1. The molecule has 0 aromatic rings. The summed E-state index contributed by atoms with van der Waals surface area (Å²) < 4.78 is 5.31. The van der Waals surface area contributed by atoms with Gasteiger partial charge in [-0.05, 0) is 32.1 Å². The van der Waals surface area contributed by atoms with Gasteiger partial charge in [0, 0.05) is 19.9 Å². The van der Waals surface area contributed by atoms with Crippen LogP contribution < -0.4 is 5.32 Å². The van der Waals surface area contributed by atoms with Crippen LogP contribution >= 0.6 is 0 Å². The third-order valence-electron chi connectivity index (χ3n) is 6.12. The lowest BCUT2D eigenvalue weighted by molar-refractivity contribution is -0.146. The Balaban J connectivity index is 4.68. The van der Waals surface area contributed by atoms with E-state index in [2.05, 4.69) is 31.7 Å². The van der Waals surface area contributed by atoms with E-state index < -0.39 is 6.04 Å². The molecular weight excluding hydrogens is 428 g/mol. The zero-order valence-electron chi connectivity index (χ0n) is 22.1. The van der Waals surface area contributed by atoms with Crippen molar-refractivity contribution in [3.8, 4) is 12.3 Å². The largest absolute Gasteiger partial charge is 0.500 e. The van der Waals surface area contributed by atoms with Crippen LogP contribution in [0.15, 0.2) is 12.3 Å². The van der Waals surface area contributed by atoms with E-state index in [1.165, 1.54) is 18.9 Å². The maximum absolute atomic E-state index is 12.8. The molecule has 0 heterocycles. The summed E-state index contributed by atoms with van der Waals surface area (Å²) in [6.45, 7) is 10.1. The van der Waals surface area contributed by atoms with Crippen molar-refractivity contribution in [2.75, 3.05) is 13.7 Å². The van der Waals surface area contributed by atoms with E-state index in [1.54, 1.807) is 0 Å². The molecule has 0 aliphatic carbocycles. The maximum Gasteiger partial charge on any atom is 0.235 e. The number of carbonyl (C=O) groups is 3. The molecule has 0 aliphatic rings. The number of hydrogen-bond donors (Lipinski definition) is 1. The minimum atomic E-state index is -0.502. The number of nitrogens with zero attached hydrogens (tertiary/aromatic N) is 1. The zero-order chi connectivity index (χ0) is 25.8. The summed E-state index contributed by atoms with van der Waals surface area (Å²) in [5.41, 5.74) is 0. The number of amides is 3. The second-order valence-corrected chi connectivity index (χ2v) is 8.99. The van der Waals surface area contributed by atoms with E-state index in [-0.39, 0.29) is 23.6 Å². The van der Waals surface area contributed by atoms with Crippen molar-refractivity contribution >= 4 is 17.7 Å². The second-order valence-electron chi connectivity index (χ2n) is 8.99. The van der Waals surface area contributed by atoms with Gasteiger partial charge in [-0.25, -0.2) is 0 Å². The minimum absolute atomic E-state index is 0.0968. The summed E-state index contributed by atoms with van der Waals surface area (Å²) in [4.78, 5) is 38.8. The smallest absolute Gasteiger partial charge is 0.235 e. The van der Waals surface area contributed by atoms with Crippen LogP contribution in [0.2, 0.25) is 0 Å². The van der Waals surface area contributed by atoms with Crippen molar-refractivity contribution in [2.45, 2.75) is 117 Å². The van der Waals surface area contributed by atoms with Gasteiger partial charge in [0.25, 0.3) is 0 Å². The van der Waals surface area contributed by atoms with Crippen LogP contribution in [-0.2, 0) is 19.1 Å². The predicted octanol–water partition coefficient (Wildman–Crippen LogP) is 5.76. The molecule has 0 fully saturated rings. The average molecular weight is 477 g/mol.